The van der Waals surface area contributed by atoms with Crippen LogP contribution in [0.2, 0.25) is 0 Å². The minimum Gasteiger partial charge on any atom is -0.394 e. The van der Waals surface area contributed by atoms with Gasteiger partial charge in [-0.05, 0) is 24.3 Å². The molecule has 1 saturated carbocycles. The number of rotatable bonds is 6. The molecule has 0 aromatic carbocycles. The fourth-order valence-electron chi connectivity index (χ4n) is 4.58. The molecular formula is C22H27N7O2. The van der Waals surface area contributed by atoms with Crippen molar-refractivity contribution in [3.8, 4) is 22.5 Å². The van der Waals surface area contributed by atoms with Crippen LogP contribution in [0.4, 0.5) is 0 Å². The van der Waals surface area contributed by atoms with Crippen molar-refractivity contribution in [2.45, 2.75) is 51.8 Å². The molecule has 9 heteroatoms. The third-order valence-electron chi connectivity index (χ3n) is 6.32. The predicted molar refractivity (Wildman–Crippen MR) is 115 cm³/mol. The molecule has 31 heavy (non-hydrogen) atoms. The van der Waals surface area contributed by atoms with Gasteiger partial charge in [0, 0.05) is 23.5 Å². The second-order valence-corrected chi connectivity index (χ2v) is 9.03. The van der Waals surface area contributed by atoms with Crippen molar-refractivity contribution in [1.82, 2.24) is 34.2 Å². The van der Waals surface area contributed by atoms with Crippen molar-refractivity contribution < 1.29 is 10.2 Å². The van der Waals surface area contributed by atoms with Gasteiger partial charge < -0.3 is 10.2 Å². The molecule has 1 aliphatic rings. The first-order chi connectivity index (χ1) is 14.9. The van der Waals surface area contributed by atoms with Crippen LogP contribution in [0.5, 0.6) is 0 Å². The molecule has 5 rings (SSSR count). The highest BCUT2D eigenvalue weighted by Crippen LogP contribution is 2.45. The highest BCUT2D eigenvalue weighted by molar-refractivity contribution is 5.78. The highest BCUT2D eigenvalue weighted by Gasteiger charge is 2.36. The third kappa shape index (κ3) is 3.64. The van der Waals surface area contributed by atoms with E-state index in [1.54, 1.807) is 17.1 Å². The zero-order valence-corrected chi connectivity index (χ0v) is 17.8. The van der Waals surface area contributed by atoms with Crippen LogP contribution in [-0.4, -0.2) is 57.1 Å². The second kappa shape index (κ2) is 7.58. The van der Waals surface area contributed by atoms with Gasteiger partial charge >= 0.3 is 0 Å². The summed E-state index contributed by atoms with van der Waals surface area (Å²) in [5.41, 5.74) is 4.46. The van der Waals surface area contributed by atoms with Crippen LogP contribution in [0.3, 0.4) is 0 Å². The van der Waals surface area contributed by atoms with E-state index in [1.807, 2.05) is 29.2 Å². The van der Waals surface area contributed by atoms with E-state index in [0.717, 1.165) is 34.5 Å². The van der Waals surface area contributed by atoms with Gasteiger partial charge in [0.05, 0.1) is 67.0 Å². The van der Waals surface area contributed by atoms with Gasteiger partial charge in [0.25, 0.3) is 0 Å². The Bertz CT molecular complexity index is 1210. The van der Waals surface area contributed by atoms with Gasteiger partial charge in [-0.1, -0.05) is 20.3 Å². The van der Waals surface area contributed by atoms with Crippen molar-refractivity contribution in [2.75, 3.05) is 6.61 Å². The summed E-state index contributed by atoms with van der Waals surface area (Å²) in [6.07, 6.45) is 13.8. The lowest BCUT2D eigenvalue weighted by Gasteiger charge is -2.27. The molecule has 1 aliphatic carbocycles. The first-order valence-corrected chi connectivity index (χ1v) is 10.7. The molecule has 2 N–H and O–H groups in total. The van der Waals surface area contributed by atoms with Crippen molar-refractivity contribution >= 4 is 5.52 Å². The summed E-state index contributed by atoms with van der Waals surface area (Å²) in [4.78, 5) is 4.92. The molecule has 0 amide bonds. The number of aromatic nitrogens is 7. The summed E-state index contributed by atoms with van der Waals surface area (Å²) in [5, 5.41) is 32.1. The zero-order chi connectivity index (χ0) is 21.6. The maximum Gasteiger partial charge on any atom is 0.0999 e. The Morgan fingerprint density at radius 2 is 1.97 bits per heavy atom. The topological polar surface area (TPSA) is 106 Å². The SMILES string of the molecule is CC1(C)CCCC1n1cc(-c2nc(-c3cnn(C[C@@H](O)CO)c3)cn3nccc23)cn1. The first-order valence-electron chi connectivity index (χ1n) is 10.7. The predicted octanol–water partition coefficient (Wildman–Crippen LogP) is 2.56. The largest absolute Gasteiger partial charge is 0.394 e. The Hall–Kier alpha value is -3.04. The Morgan fingerprint density at radius 3 is 2.74 bits per heavy atom. The summed E-state index contributed by atoms with van der Waals surface area (Å²) >= 11 is 0. The molecule has 4 heterocycles. The highest BCUT2D eigenvalue weighted by atomic mass is 16.3. The number of hydrogen-bond acceptors (Lipinski definition) is 6. The van der Waals surface area contributed by atoms with Gasteiger partial charge in [0.2, 0.25) is 0 Å². The van der Waals surface area contributed by atoms with E-state index < -0.39 is 6.10 Å². The molecule has 4 aromatic heterocycles. The van der Waals surface area contributed by atoms with E-state index in [0.29, 0.717) is 6.04 Å². The summed E-state index contributed by atoms with van der Waals surface area (Å²) < 4.78 is 5.51. The average molecular weight is 422 g/mol. The third-order valence-corrected chi connectivity index (χ3v) is 6.32. The minimum absolute atomic E-state index is 0.220. The zero-order valence-electron chi connectivity index (χ0n) is 17.8. The van der Waals surface area contributed by atoms with Gasteiger partial charge in [-0.15, -0.1) is 0 Å². The Labute approximate surface area is 180 Å². The van der Waals surface area contributed by atoms with E-state index in [9.17, 15) is 5.11 Å². The van der Waals surface area contributed by atoms with Gasteiger partial charge in [-0.3, -0.25) is 9.36 Å². The van der Waals surface area contributed by atoms with Crippen molar-refractivity contribution in [2.24, 2.45) is 5.41 Å². The number of aliphatic hydroxyl groups is 2. The Balaban J connectivity index is 1.52. The molecule has 9 nitrogen and oxygen atoms in total. The van der Waals surface area contributed by atoms with Gasteiger partial charge in [-0.2, -0.15) is 15.3 Å². The molecule has 2 atom stereocenters. The van der Waals surface area contributed by atoms with Crippen LogP contribution in [0.15, 0.2) is 43.2 Å². The number of aliphatic hydroxyl groups excluding tert-OH is 2. The molecule has 162 valence electrons. The quantitative estimate of drug-likeness (QED) is 0.496. The van der Waals surface area contributed by atoms with Crippen LogP contribution in [-0.2, 0) is 6.54 Å². The van der Waals surface area contributed by atoms with Crippen molar-refractivity contribution in [3.05, 3.63) is 43.2 Å². The van der Waals surface area contributed by atoms with Crippen LogP contribution < -0.4 is 0 Å². The van der Waals surface area contributed by atoms with E-state index >= 15 is 0 Å². The average Bonchev–Trinajstić information content (AvgIpc) is 3.53. The minimum atomic E-state index is -0.851. The fraction of sp³-hybridized carbons (Fsp3) is 0.455. The van der Waals surface area contributed by atoms with E-state index in [-0.39, 0.29) is 18.6 Å². The standard InChI is InChI=1S/C22H27N7O2/c1-22(2)6-3-4-20(22)29-11-16(9-25-29)21-19-5-7-23-28(19)13-18(26-21)15-8-24-27(10-15)12-17(31)14-30/h5,7-11,13,17,20,30-31H,3-4,6,12,14H2,1-2H3/t17-,20?/m1/s1. The van der Waals surface area contributed by atoms with E-state index in [2.05, 4.69) is 40.0 Å². The smallest absolute Gasteiger partial charge is 0.0999 e. The molecular weight excluding hydrogens is 394 g/mol. The van der Waals surface area contributed by atoms with Crippen molar-refractivity contribution in [3.63, 3.8) is 0 Å². The second-order valence-electron chi connectivity index (χ2n) is 9.03. The molecule has 4 aromatic rings. The lowest BCUT2D eigenvalue weighted by atomic mass is 9.87. The van der Waals surface area contributed by atoms with Gasteiger partial charge in [0.15, 0.2) is 0 Å². The van der Waals surface area contributed by atoms with Crippen molar-refractivity contribution in [1.29, 1.82) is 0 Å². The maximum absolute atomic E-state index is 9.68. The van der Waals surface area contributed by atoms with E-state index in [4.69, 9.17) is 10.1 Å². The molecule has 0 saturated heterocycles. The van der Waals surface area contributed by atoms with Gasteiger partial charge in [-0.25, -0.2) is 9.50 Å². The first kappa shape index (κ1) is 19.9. The lowest BCUT2D eigenvalue weighted by Crippen LogP contribution is -2.21. The van der Waals surface area contributed by atoms with Crippen LogP contribution >= 0.6 is 0 Å². The number of fused-ring (bicyclic) bond motifs is 1. The molecule has 1 fully saturated rings. The van der Waals surface area contributed by atoms with Crippen LogP contribution in [0.25, 0.3) is 28.0 Å². The van der Waals surface area contributed by atoms with Gasteiger partial charge in [0.1, 0.15) is 0 Å². The fourth-order valence-corrected chi connectivity index (χ4v) is 4.58. The molecule has 0 radical (unpaired) electrons. The lowest BCUT2D eigenvalue weighted by molar-refractivity contribution is 0.0783. The molecule has 0 bridgehead atoms. The van der Waals surface area contributed by atoms with Crippen LogP contribution in [0, 0.1) is 5.41 Å². The molecule has 0 spiro atoms. The normalized spacial score (nSPS) is 19.3. The summed E-state index contributed by atoms with van der Waals surface area (Å²) in [5.74, 6) is 0. The summed E-state index contributed by atoms with van der Waals surface area (Å²) in [6.45, 7) is 4.53. The molecule has 1 unspecified atom stereocenters. The number of hydrogen-bond donors (Lipinski definition) is 2. The number of nitrogens with zero attached hydrogens (tertiary/aromatic N) is 7. The summed E-state index contributed by atoms with van der Waals surface area (Å²) in [6, 6.07) is 2.34. The Kier molecular flexibility index (Phi) is 4.86. The monoisotopic (exact) mass is 421 g/mol. The van der Waals surface area contributed by atoms with Crippen LogP contribution in [0.1, 0.15) is 39.2 Å². The summed E-state index contributed by atoms with van der Waals surface area (Å²) in [7, 11) is 0. The van der Waals surface area contributed by atoms with E-state index in [1.165, 1.54) is 12.8 Å². The molecule has 0 aliphatic heterocycles. The maximum atomic E-state index is 9.68. The Morgan fingerprint density at radius 1 is 1.13 bits per heavy atom.